The number of anilines is 1. The monoisotopic (exact) mass is 381 g/mol. The van der Waals surface area contributed by atoms with Gasteiger partial charge in [0.15, 0.2) is 0 Å². The van der Waals surface area contributed by atoms with Crippen molar-refractivity contribution in [2.45, 2.75) is 32.7 Å². The molecule has 0 spiro atoms. The number of likely N-dealkylation sites (N-methyl/N-ethyl adjacent to an activating group) is 1. The van der Waals surface area contributed by atoms with E-state index in [-0.39, 0.29) is 5.91 Å². The summed E-state index contributed by atoms with van der Waals surface area (Å²) in [5, 5.41) is 0. The Labute approximate surface area is 168 Å². The molecule has 0 N–H and O–H groups in total. The molecule has 6 nitrogen and oxygen atoms in total. The first-order valence-electron chi connectivity index (χ1n) is 10.1. The number of aryl methyl sites for hydroxylation is 2. The van der Waals surface area contributed by atoms with Gasteiger partial charge >= 0.3 is 0 Å². The fraction of sp³-hybridized carbons (Fsp3) is 0.500. The smallest absolute Gasteiger partial charge is 0.236 e. The zero-order chi connectivity index (χ0) is 19.9. The highest BCUT2D eigenvalue weighted by atomic mass is 16.2. The van der Waals surface area contributed by atoms with Gasteiger partial charge in [0.05, 0.1) is 12.2 Å². The number of hydrogen-bond acceptors (Lipinski definition) is 5. The average molecular weight is 382 g/mol. The molecule has 0 atom stereocenters. The van der Waals surface area contributed by atoms with Crippen LogP contribution in [-0.4, -0.2) is 65.9 Å². The second-order valence-electron chi connectivity index (χ2n) is 7.66. The fourth-order valence-corrected chi connectivity index (χ4v) is 3.53. The summed E-state index contributed by atoms with van der Waals surface area (Å²) < 4.78 is 0. The number of hydrogen-bond donors (Lipinski definition) is 0. The number of pyridine rings is 2. The zero-order valence-corrected chi connectivity index (χ0v) is 17.3. The number of rotatable bonds is 2. The number of nitrogens with zero attached hydrogens (tertiary/aromatic N) is 5. The molecule has 1 amide bonds. The molecule has 3 heterocycles. The Morgan fingerprint density at radius 1 is 0.929 bits per heavy atom. The Bertz CT molecular complexity index is 794. The Kier molecular flexibility index (Phi) is 6.98. The van der Waals surface area contributed by atoms with Crippen molar-refractivity contribution in [1.82, 2.24) is 19.8 Å². The lowest BCUT2D eigenvalue weighted by atomic mass is 10.2. The maximum absolute atomic E-state index is 12.7. The van der Waals surface area contributed by atoms with Crippen molar-refractivity contribution in [3.63, 3.8) is 0 Å². The average Bonchev–Trinajstić information content (AvgIpc) is 2.67. The summed E-state index contributed by atoms with van der Waals surface area (Å²) in [5.41, 5.74) is 3.13. The zero-order valence-electron chi connectivity index (χ0n) is 17.3. The van der Waals surface area contributed by atoms with Gasteiger partial charge in [-0.2, -0.15) is 0 Å². The molecule has 2 aromatic rings. The van der Waals surface area contributed by atoms with E-state index in [0.29, 0.717) is 13.1 Å². The van der Waals surface area contributed by atoms with Crippen LogP contribution >= 0.6 is 0 Å². The predicted molar refractivity (Wildman–Crippen MR) is 112 cm³/mol. The van der Waals surface area contributed by atoms with Gasteiger partial charge in [-0.05, 0) is 57.0 Å². The van der Waals surface area contributed by atoms with E-state index in [0.717, 1.165) is 61.8 Å². The van der Waals surface area contributed by atoms with E-state index >= 15 is 0 Å². The normalized spacial score (nSPS) is 17.5. The fourth-order valence-electron chi connectivity index (χ4n) is 3.53. The first kappa shape index (κ1) is 20.3. The molecule has 0 unspecified atom stereocenters. The lowest BCUT2D eigenvalue weighted by molar-refractivity contribution is -0.131. The van der Waals surface area contributed by atoms with E-state index < -0.39 is 0 Å². The molecule has 0 fully saturated rings. The van der Waals surface area contributed by atoms with Crippen molar-refractivity contribution >= 4 is 11.7 Å². The summed E-state index contributed by atoms with van der Waals surface area (Å²) >= 11 is 0. The summed E-state index contributed by atoms with van der Waals surface area (Å²) in [6, 6.07) is 12.3. The van der Waals surface area contributed by atoms with Crippen LogP contribution in [0.3, 0.4) is 0 Å². The van der Waals surface area contributed by atoms with Crippen molar-refractivity contribution < 1.29 is 4.79 Å². The summed E-state index contributed by atoms with van der Waals surface area (Å²) in [6.45, 7) is 5.59. The van der Waals surface area contributed by atoms with Gasteiger partial charge < -0.3 is 9.80 Å². The minimum atomic E-state index is 0.170. The van der Waals surface area contributed by atoms with E-state index in [2.05, 4.69) is 40.0 Å². The summed E-state index contributed by atoms with van der Waals surface area (Å²) in [4.78, 5) is 28.4. The van der Waals surface area contributed by atoms with Crippen LogP contribution in [0, 0.1) is 6.92 Å². The lowest BCUT2D eigenvalue weighted by Crippen LogP contribution is -2.40. The number of carbonyl (C=O) groups excluding carboxylic acids is 1. The Morgan fingerprint density at radius 3 is 2.54 bits per heavy atom. The first-order valence-corrected chi connectivity index (χ1v) is 10.1. The molecule has 0 aromatic carbocycles. The van der Waals surface area contributed by atoms with Crippen LogP contribution in [0.25, 0.3) is 0 Å². The third-order valence-electron chi connectivity index (χ3n) is 5.19. The van der Waals surface area contributed by atoms with Gasteiger partial charge in [0.1, 0.15) is 5.82 Å². The molecule has 0 radical (unpaired) electrons. The quantitative estimate of drug-likeness (QED) is 0.800. The van der Waals surface area contributed by atoms with Gasteiger partial charge in [-0.3, -0.25) is 14.7 Å². The molecule has 28 heavy (non-hydrogen) atoms. The minimum absolute atomic E-state index is 0.170. The number of carbonyl (C=O) groups is 1. The Balaban J connectivity index is 1.75. The van der Waals surface area contributed by atoms with Crippen molar-refractivity contribution in [2.24, 2.45) is 0 Å². The second kappa shape index (κ2) is 9.64. The van der Waals surface area contributed by atoms with Crippen molar-refractivity contribution in [2.75, 3.05) is 45.2 Å². The van der Waals surface area contributed by atoms with E-state index in [1.54, 1.807) is 0 Å². The third-order valence-corrected chi connectivity index (χ3v) is 5.19. The number of amides is 1. The highest BCUT2D eigenvalue weighted by Gasteiger charge is 2.16. The van der Waals surface area contributed by atoms with Crippen molar-refractivity contribution in [3.8, 4) is 0 Å². The molecule has 1 aliphatic rings. The summed E-state index contributed by atoms with van der Waals surface area (Å²) in [5.74, 6) is 1.17. The van der Waals surface area contributed by atoms with Gasteiger partial charge in [0.25, 0.3) is 0 Å². The molecule has 3 rings (SSSR count). The molecular formula is C22H31N5O. The summed E-state index contributed by atoms with van der Waals surface area (Å²) in [7, 11) is 3.96. The second-order valence-corrected chi connectivity index (χ2v) is 7.66. The minimum Gasteiger partial charge on any atom is -0.360 e. The van der Waals surface area contributed by atoms with Crippen LogP contribution in [0.5, 0.6) is 0 Å². The van der Waals surface area contributed by atoms with Crippen LogP contribution in [0.4, 0.5) is 5.82 Å². The van der Waals surface area contributed by atoms with Crippen molar-refractivity contribution in [1.29, 1.82) is 0 Å². The lowest BCUT2D eigenvalue weighted by Gasteiger charge is -2.26. The predicted octanol–water partition coefficient (Wildman–Crippen LogP) is 2.52. The van der Waals surface area contributed by atoms with Crippen LogP contribution in [0.2, 0.25) is 0 Å². The molecule has 0 aliphatic carbocycles. The number of fused-ring (bicyclic) bond motifs is 2. The highest BCUT2D eigenvalue weighted by molar-refractivity contribution is 5.78. The first-order chi connectivity index (χ1) is 13.5. The molecule has 0 saturated carbocycles. The van der Waals surface area contributed by atoms with Crippen LogP contribution in [0.15, 0.2) is 36.4 Å². The maximum atomic E-state index is 12.7. The van der Waals surface area contributed by atoms with Crippen LogP contribution in [0.1, 0.15) is 29.9 Å². The van der Waals surface area contributed by atoms with E-state index in [9.17, 15) is 4.79 Å². The molecule has 1 aliphatic heterocycles. The largest absolute Gasteiger partial charge is 0.360 e. The van der Waals surface area contributed by atoms with E-state index in [4.69, 9.17) is 4.98 Å². The standard InChI is InChI=1S/C22H31N5O/c1-18-8-4-10-20(23-18)16-27-15-6-11-19-9-5-12-21(24-19)25(2)13-7-14-26(3)22(28)17-27/h4-5,8-10,12H,6-7,11,13-17H2,1-3H3. The molecule has 150 valence electrons. The van der Waals surface area contributed by atoms with E-state index in [1.165, 1.54) is 0 Å². The summed E-state index contributed by atoms with van der Waals surface area (Å²) in [6.07, 6.45) is 2.79. The topological polar surface area (TPSA) is 52.6 Å². The third kappa shape index (κ3) is 5.76. The SMILES string of the molecule is Cc1cccc(CN2CCCc3cccc(n3)N(C)CCCN(C)C(=O)C2)n1. The highest BCUT2D eigenvalue weighted by Crippen LogP contribution is 2.13. The van der Waals surface area contributed by atoms with Gasteiger partial charge in [-0.1, -0.05) is 12.1 Å². The van der Waals surface area contributed by atoms with Crippen LogP contribution in [-0.2, 0) is 17.8 Å². The molecule has 2 aromatic heterocycles. The Morgan fingerprint density at radius 2 is 1.71 bits per heavy atom. The maximum Gasteiger partial charge on any atom is 0.236 e. The van der Waals surface area contributed by atoms with E-state index in [1.807, 2.05) is 37.1 Å². The van der Waals surface area contributed by atoms with Crippen molar-refractivity contribution in [3.05, 3.63) is 53.5 Å². The Hall–Kier alpha value is -2.47. The van der Waals surface area contributed by atoms with Gasteiger partial charge in [0, 0.05) is 45.1 Å². The molecule has 0 saturated heterocycles. The van der Waals surface area contributed by atoms with Gasteiger partial charge in [-0.15, -0.1) is 0 Å². The molecule has 6 heteroatoms. The van der Waals surface area contributed by atoms with Gasteiger partial charge in [0.2, 0.25) is 5.91 Å². The molecular weight excluding hydrogens is 350 g/mol. The molecule has 2 bridgehead atoms. The number of aromatic nitrogens is 2. The van der Waals surface area contributed by atoms with Gasteiger partial charge in [-0.25, -0.2) is 4.98 Å². The van der Waals surface area contributed by atoms with Crippen LogP contribution < -0.4 is 4.90 Å².